The lowest BCUT2D eigenvalue weighted by atomic mass is 9.91. The molecule has 2 rings (SSSR count). The molecule has 3 heteroatoms. The third-order valence-electron chi connectivity index (χ3n) is 4.05. The highest BCUT2D eigenvalue weighted by molar-refractivity contribution is 5.26. The molecule has 1 fully saturated rings. The van der Waals surface area contributed by atoms with Gasteiger partial charge in [-0.15, -0.1) is 0 Å². The number of rotatable bonds is 5. The molecule has 1 aliphatic rings. The van der Waals surface area contributed by atoms with E-state index in [1.807, 2.05) is 6.20 Å². The molecular formula is C16H26N2O. The Bertz CT molecular complexity index is 381. The van der Waals surface area contributed by atoms with E-state index in [1.54, 1.807) is 13.3 Å². The van der Waals surface area contributed by atoms with E-state index in [0.717, 1.165) is 12.3 Å². The van der Waals surface area contributed by atoms with Gasteiger partial charge in [0.2, 0.25) is 0 Å². The van der Waals surface area contributed by atoms with Crippen LogP contribution in [0.15, 0.2) is 18.5 Å². The highest BCUT2D eigenvalue weighted by atomic mass is 16.5. The van der Waals surface area contributed by atoms with E-state index in [2.05, 4.69) is 23.3 Å². The Morgan fingerprint density at radius 2 is 2.16 bits per heavy atom. The minimum Gasteiger partial charge on any atom is -0.495 e. The summed E-state index contributed by atoms with van der Waals surface area (Å²) in [6.07, 6.45) is 11.5. The molecule has 0 saturated heterocycles. The topological polar surface area (TPSA) is 34.2 Å². The van der Waals surface area contributed by atoms with E-state index in [4.69, 9.17) is 4.74 Å². The quantitative estimate of drug-likeness (QED) is 0.825. The summed E-state index contributed by atoms with van der Waals surface area (Å²) in [5.41, 5.74) is 1.34. The van der Waals surface area contributed by atoms with Crippen LogP contribution in [0.2, 0.25) is 0 Å². The van der Waals surface area contributed by atoms with Crippen molar-refractivity contribution in [3.05, 3.63) is 24.0 Å². The number of aromatic nitrogens is 1. The minimum absolute atomic E-state index is 0.624. The van der Waals surface area contributed by atoms with Crippen molar-refractivity contribution in [1.82, 2.24) is 10.3 Å². The molecule has 1 aromatic heterocycles. The van der Waals surface area contributed by atoms with Gasteiger partial charge in [-0.3, -0.25) is 4.98 Å². The molecule has 0 aliphatic heterocycles. The first kappa shape index (κ1) is 14.3. The Balaban J connectivity index is 2.04. The number of ether oxygens (including phenoxy) is 1. The fraction of sp³-hybridized carbons (Fsp3) is 0.688. The summed E-state index contributed by atoms with van der Waals surface area (Å²) in [4.78, 5) is 4.30. The van der Waals surface area contributed by atoms with Crippen LogP contribution in [-0.2, 0) is 0 Å². The fourth-order valence-corrected chi connectivity index (χ4v) is 2.97. The standard InChI is InChI=1S/C16H26N2O/c1-3-8-18-15-7-5-4-6-13(9-15)14-10-16(19-2)12-17-11-14/h10-13,15,18H,3-9H2,1-2H3. The van der Waals surface area contributed by atoms with Gasteiger partial charge in [0, 0.05) is 12.2 Å². The van der Waals surface area contributed by atoms with Crippen LogP contribution in [0.3, 0.4) is 0 Å². The zero-order chi connectivity index (χ0) is 13.5. The normalized spacial score (nSPS) is 23.9. The van der Waals surface area contributed by atoms with Crippen LogP contribution in [-0.4, -0.2) is 24.7 Å². The first-order valence-corrected chi connectivity index (χ1v) is 7.55. The van der Waals surface area contributed by atoms with Crippen molar-refractivity contribution >= 4 is 0 Å². The second-order valence-electron chi connectivity index (χ2n) is 5.53. The van der Waals surface area contributed by atoms with Gasteiger partial charge in [0.05, 0.1) is 13.3 Å². The first-order valence-electron chi connectivity index (χ1n) is 7.55. The van der Waals surface area contributed by atoms with Crippen molar-refractivity contribution in [2.24, 2.45) is 0 Å². The average Bonchev–Trinajstić information content (AvgIpc) is 2.71. The van der Waals surface area contributed by atoms with Crippen LogP contribution in [0, 0.1) is 0 Å². The van der Waals surface area contributed by atoms with E-state index in [0.29, 0.717) is 12.0 Å². The summed E-state index contributed by atoms with van der Waals surface area (Å²) in [6, 6.07) is 2.82. The van der Waals surface area contributed by atoms with Crippen molar-refractivity contribution in [2.75, 3.05) is 13.7 Å². The Morgan fingerprint density at radius 3 is 2.95 bits per heavy atom. The SMILES string of the molecule is CCCNC1CCCCC(c2cncc(OC)c2)C1. The van der Waals surface area contributed by atoms with Crippen molar-refractivity contribution < 1.29 is 4.74 Å². The molecule has 3 nitrogen and oxygen atoms in total. The molecule has 1 saturated carbocycles. The van der Waals surface area contributed by atoms with Gasteiger partial charge < -0.3 is 10.1 Å². The van der Waals surface area contributed by atoms with Crippen LogP contribution in [0.1, 0.15) is 56.9 Å². The molecule has 1 N–H and O–H groups in total. The molecule has 1 heterocycles. The third-order valence-corrected chi connectivity index (χ3v) is 4.05. The van der Waals surface area contributed by atoms with Crippen LogP contribution < -0.4 is 10.1 Å². The Kier molecular flexibility index (Phi) is 5.64. The molecule has 2 atom stereocenters. The molecule has 0 aromatic carbocycles. The third kappa shape index (κ3) is 4.20. The molecule has 1 aromatic rings. The van der Waals surface area contributed by atoms with Gasteiger partial charge in [0.1, 0.15) is 5.75 Å². The van der Waals surface area contributed by atoms with E-state index in [9.17, 15) is 0 Å². The Hall–Kier alpha value is -1.09. The summed E-state index contributed by atoms with van der Waals surface area (Å²) in [6.45, 7) is 3.36. The number of hydrogen-bond donors (Lipinski definition) is 1. The number of nitrogens with one attached hydrogen (secondary N) is 1. The Labute approximate surface area is 116 Å². The second-order valence-corrected chi connectivity index (χ2v) is 5.53. The molecule has 19 heavy (non-hydrogen) atoms. The van der Waals surface area contributed by atoms with Crippen molar-refractivity contribution in [3.8, 4) is 5.75 Å². The Morgan fingerprint density at radius 1 is 1.32 bits per heavy atom. The summed E-state index contributed by atoms with van der Waals surface area (Å²) in [5, 5.41) is 3.69. The van der Waals surface area contributed by atoms with Gasteiger partial charge in [-0.25, -0.2) is 0 Å². The van der Waals surface area contributed by atoms with E-state index in [-0.39, 0.29) is 0 Å². The lowest BCUT2D eigenvalue weighted by Crippen LogP contribution is -2.30. The molecule has 106 valence electrons. The predicted octanol–water partition coefficient (Wildman–Crippen LogP) is 3.51. The van der Waals surface area contributed by atoms with Gasteiger partial charge >= 0.3 is 0 Å². The molecule has 0 spiro atoms. The van der Waals surface area contributed by atoms with Gasteiger partial charge in [-0.05, 0) is 49.8 Å². The van der Waals surface area contributed by atoms with Crippen LogP contribution >= 0.6 is 0 Å². The summed E-state index contributed by atoms with van der Waals surface area (Å²) < 4.78 is 5.29. The van der Waals surface area contributed by atoms with E-state index in [1.165, 1.54) is 44.1 Å². The minimum atomic E-state index is 0.624. The predicted molar refractivity (Wildman–Crippen MR) is 78.7 cm³/mol. The molecule has 0 amide bonds. The van der Waals surface area contributed by atoms with Gasteiger partial charge in [0.15, 0.2) is 0 Å². The molecule has 1 aliphatic carbocycles. The zero-order valence-corrected chi connectivity index (χ0v) is 12.2. The number of methoxy groups -OCH3 is 1. The largest absolute Gasteiger partial charge is 0.495 e. The van der Waals surface area contributed by atoms with Crippen LogP contribution in [0.4, 0.5) is 0 Å². The van der Waals surface area contributed by atoms with Gasteiger partial charge in [-0.1, -0.05) is 19.8 Å². The smallest absolute Gasteiger partial charge is 0.137 e. The van der Waals surface area contributed by atoms with E-state index < -0.39 is 0 Å². The van der Waals surface area contributed by atoms with Crippen molar-refractivity contribution in [2.45, 2.75) is 57.4 Å². The van der Waals surface area contributed by atoms with Crippen molar-refractivity contribution in [1.29, 1.82) is 0 Å². The van der Waals surface area contributed by atoms with Crippen molar-refractivity contribution in [3.63, 3.8) is 0 Å². The van der Waals surface area contributed by atoms with E-state index >= 15 is 0 Å². The highest BCUT2D eigenvalue weighted by Gasteiger charge is 2.21. The molecule has 0 radical (unpaired) electrons. The lowest BCUT2D eigenvalue weighted by Gasteiger charge is -2.21. The van der Waals surface area contributed by atoms with Gasteiger partial charge in [0.25, 0.3) is 0 Å². The maximum absolute atomic E-state index is 5.29. The summed E-state index contributed by atoms with van der Waals surface area (Å²) >= 11 is 0. The first-order chi connectivity index (χ1) is 9.33. The number of pyridine rings is 1. The highest BCUT2D eigenvalue weighted by Crippen LogP contribution is 2.32. The molecule has 0 bridgehead atoms. The van der Waals surface area contributed by atoms with Gasteiger partial charge in [-0.2, -0.15) is 0 Å². The monoisotopic (exact) mass is 262 g/mol. The van der Waals surface area contributed by atoms with Crippen LogP contribution in [0.5, 0.6) is 5.75 Å². The fourth-order valence-electron chi connectivity index (χ4n) is 2.97. The molecule has 2 unspecified atom stereocenters. The zero-order valence-electron chi connectivity index (χ0n) is 12.2. The number of nitrogens with zero attached hydrogens (tertiary/aromatic N) is 1. The van der Waals surface area contributed by atoms with Crippen LogP contribution in [0.25, 0.3) is 0 Å². The summed E-state index contributed by atoms with van der Waals surface area (Å²) in [7, 11) is 1.71. The lowest BCUT2D eigenvalue weighted by molar-refractivity contribution is 0.409. The second kappa shape index (κ2) is 7.49. The maximum Gasteiger partial charge on any atom is 0.137 e. The average molecular weight is 262 g/mol. The summed E-state index contributed by atoms with van der Waals surface area (Å²) in [5.74, 6) is 1.50. The number of hydrogen-bond acceptors (Lipinski definition) is 3. The molecular weight excluding hydrogens is 236 g/mol. The maximum atomic E-state index is 5.29.